The second-order valence-corrected chi connectivity index (χ2v) is 7.36. The topological polar surface area (TPSA) is 59.5 Å². The molecule has 0 radical (unpaired) electrons. The van der Waals surface area contributed by atoms with E-state index in [1.165, 1.54) is 12.1 Å². The monoisotopic (exact) mass is 428 g/mol. The van der Waals surface area contributed by atoms with E-state index in [0.717, 1.165) is 17.5 Å². The molecule has 1 fully saturated rings. The molecule has 0 bridgehead atoms. The number of hydrogen-bond donors (Lipinski definition) is 1. The predicted octanol–water partition coefficient (Wildman–Crippen LogP) is 3.69. The largest absolute Gasteiger partial charge is 0.489 e. The van der Waals surface area contributed by atoms with Crippen LogP contribution in [-0.2, 0) is 17.5 Å². The lowest BCUT2D eigenvalue weighted by Gasteiger charge is -2.31. The van der Waals surface area contributed by atoms with Crippen molar-refractivity contribution in [1.82, 2.24) is 9.97 Å². The molecule has 3 rings (SSSR count). The molecule has 1 saturated heterocycles. The number of hydrogen-bond acceptors (Lipinski definition) is 7. The van der Waals surface area contributed by atoms with Crippen LogP contribution < -0.4 is 15.0 Å². The van der Waals surface area contributed by atoms with Gasteiger partial charge in [-0.15, -0.1) is 0 Å². The molecule has 1 N–H and O–H groups in total. The van der Waals surface area contributed by atoms with Crippen molar-refractivity contribution in [1.29, 1.82) is 0 Å². The van der Waals surface area contributed by atoms with Crippen molar-refractivity contribution in [2.45, 2.75) is 12.7 Å². The standard InChI is InChI=1S/C19H23F3N4O2S/c1-29-9-8-28-16-12-24-18(25-13-16)23-11-14-10-15(19(20,21)22)2-3-17(14)26-4-6-27-7-5-26/h2-3,10,12-13H,4-9,11H2,1H3,(H,23,24,25). The lowest BCUT2D eigenvalue weighted by Crippen LogP contribution is -2.37. The van der Waals surface area contributed by atoms with Crippen LogP contribution >= 0.6 is 11.8 Å². The summed E-state index contributed by atoms with van der Waals surface area (Å²) in [5.74, 6) is 1.74. The molecule has 2 heterocycles. The molecule has 29 heavy (non-hydrogen) atoms. The van der Waals surface area contributed by atoms with Crippen LogP contribution in [0.25, 0.3) is 0 Å². The lowest BCUT2D eigenvalue weighted by atomic mass is 10.1. The molecule has 0 spiro atoms. The maximum Gasteiger partial charge on any atom is 0.416 e. The summed E-state index contributed by atoms with van der Waals surface area (Å²) in [4.78, 5) is 10.4. The summed E-state index contributed by atoms with van der Waals surface area (Å²) in [5.41, 5.74) is 0.612. The third kappa shape index (κ3) is 6.14. The van der Waals surface area contributed by atoms with Gasteiger partial charge in [0.15, 0.2) is 5.75 Å². The van der Waals surface area contributed by atoms with Gasteiger partial charge >= 0.3 is 6.18 Å². The van der Waals surface area contributed by atoms with Gasteiger partial charge in [-0.3, -0.25) is 0 Å². The minimum atomic E-state index is -4.40. The Morgan fingerprint density at radius 1 is 1.21 bits per heavy atom. The average Bonchev–Trinajstić information content (AvgIpc) is 2.73. The molecule has 158 valence electrons. The first kappa shape index (κ1) is 21.5. The third-order valence-corrected chi connectivity index (χ3v) is 4.95. The number of thioether (sulfide) groups is 1. The van der Waals surface area contributed by atoms with Gasteiger partial charge in [0.05, 0.1) is 37.8 Å². The quantitative estimate of drug-likeness (QED) is 0.644. The third-order valence-electron chi connectivity index (χ3n) is 4.38. The van der Waals surface area contributed by atoms with Crippen molar-refractivity contribution in [2.75, 3.05) is 55.1 Å². The van der Waals surface area contributed by atoms with Gasteiger partial charge in [-0.25, -0.2) is 9.97 Å². The Labute approximate surface area is 171 Å². The molecule has 6 nitrogen and oxygen atoms in total. The molecule has 0 aliphatic carbocycles. The van der Waals surface area contributed by atoms with Crippen LogP contribution in [0.3, 0.4) is 0 Å². The van der Waals surface area contributed by atoms with E-state index in [4.69, 9.17) is 9.47 Å². The zero-order valence-corrected chi connectivity index (χ0v) is 16.9. The van der Waals surface area contributed by atoms with E-state index in [2.05, 4.69) is 15.3 Å². The normalized spacial score (nSPS) is 14.7. The van der Waals surface area contributed by atoms with Gasteiger partial charge in [0.2, 0.25) is 5.95 Å². The Kier molecular flexibility index (Phi) is 7.43. The lowest BCUT2D eigenvalue weighted by molar-refractivity contribution is -0.137. The molecule has 0 unspecified atom stereocenters. The van der Waals surface area contributed by atoms with Crippen molar-refractivity contribution < 1.29 is 22.6 Å². The van der Waals surface area contributed by atoms with Gasteiger partial charge in [0.25, 0.3) is 0 Å². The fraction of sp³-hybridized carbons (Fsp3) is 0.474. The van der Waals surface area contributed by atoms with Crippen molar-refractivity contribution in [3.8, 4) is 5.75 Å². The number of morpholine rings is 1. The minimum absolute atomic E-state index is 0.170. The fourth-order valence-corrected chi connectivity index (χ4v) is 3.17. The van der Waals surface area contributed by atoms with Gasteiger partial charge in [-0.2, -0.15) is 24.9 Å². The molecular weight excluding hydrogens is 405 g/mol. The zero-order chi connectivity index (χ0) is 20.7. The Morgan fingerprint density at radius 3 is 2.59 bits per heavy atom. The van der Waals surface area contributed by atoms with Crippen molar-refractivity contribution >= 4 is 23.4 Å². The first-order valence-corrected chi connectivity index (χ1v) is 10.6. The maximum atomic E-state index is 13.2. The molecule has 0 amide bonds. The molecule has 10 heteroatoms. The number of aromatic nitrogens is 2. The summed E-state index contributed by atoms with van der Waals surface area (Å²) in [6.07, 6.45) is 0.686. The van der Waals surface area contributed by atoms with Crippen LogP contribution in [0, 0.1) is 0 Å². The van der Waals surface area contributed by atoms with E-state index < -0.39 is 11.7 Å². The number of ether oxygens (including phenoxy) is 2. The molecule has 0 saturated carbocycles. The van der Waals surface area contributed by atoms with E-state index >= 15 is 0 Å². The average molecular weight is 428 g/mol. The Morgan fingerprint density at radius 2 is 1.93 bits per heavy atom. The van der Waals surface area contributed by atoms with E-state index in [1.807, 2.05) is 11.2 Å². The smallest absolute Gasteiger partial charge is 0.416 e. The summed E-state index contributed by atoms with van der Waals surface area (Å²) in [6.45, 7) is 3.10. The van der Waals surface area contributed by atoms with Gasteiger partial charge < -0.3 is 19.7 Å². The highest BCUT2D eigenvalue weighted by atomic mass is 32.2. The van der Waals surface area contributed by atoms with E-state index in [9.17, 15) is 13.2 Å². The highest BCUT2D eigenvalue weighted by Crippen LogP contribution is 2.33. The summed E-state index contributed by atoms with van der Waals surface area (Å²) in [7, 11) is 0. The fourth-order valence-electron chi connectivity index (χ4n) is 2.92. The maximum absolute atomic E-state index is 13.2. The Bertz CT molecular complexity index is 784. The van der Waals surface area contributed by atoms with Crippen LogP contribution in [0.4, 0.5) is 24.8 Å². The van der Waals surface area contributed by atoms with Crippen molar-refractivity contribution in [3.05, 3.63) is 41.7 Å². The number of nitrogens with one attached hydrogen (secondary N) is 1. The van der Waals surface area contributed by atoms with E-state index in [0.29, 0.717) is 50.2 Å². The molecular formula is C19H23F3N4O2S. The van der Waals surface area contributed by atoms with Crippen LogP contribution in [-0.4, -0.2) is 54.9 Å². The van der Waals surface area contributed by atoms with Crippen molar-refractivity contribution in [2.24, 2.45) is 0 Å². The van der Waals surface area contributed by atoms with Gasteiger partial charge in [-0.05, 0) is 30.0 Å². The van der Waals surface area contributed by atoms with Crippen LogP contribution in [0.5, 0.6) is 5.75 Å². The number of halogens is 3. The predicted molar refractivity (Wildman–Crippen MR) is 108 cm³/mol. The van der Waals surface area contributed by atoms with Crippen LogP contribution in [0.15, 0.2) is 30.6 Å². The Balaban J connectivity index is 1.72. The molecule has 1 aliphatic rings. The van der Waals surface area contributed by atoms with E-state index in [1.54, 1.807) is 24.2 Å². The minimum Gasteiger partial charge on any atom is -0.489 e. The molecule has 2 aromatic rings. The van der Waals surface area contributed by atoms with Crippen molar-refractivity contribution in [3.63, 3.8) is 0 Å². The number of rotatable bonds is 8. The van der Waals surface area contributed by atoms with Crippen LogP contribution in [0.2, 0.25) is 0 Å². The van der Waals surface area contributed by atoms with Crippen LogP contribution in [0.1, 0.15) is 11.1 Å². The number of anilines is 2. The summed E-state index contributed by atoms with van der Waals surface area (Å²) in [5, 5.41) is 3.01. The number of benzene rings is 1. The molecule has 1 aromatic carbocycles. The first-order valence-electron chi connectivity index (χ1n) is 9.18. The van der Waals surface area contributed by atoms with E-state index in [-0.39, 0.29) is 6.54 Å². The first-order chi connectivity index (χ1) is 14.0. The second kappa shape index (κ2) is 10.0. The SMILES string of the molecule is CSCCOc1cnc(NCc2cc(C(F)(F)F)ccc2N2CCOCC2)nc1. The van der Waals surface area contributed by atoms with Gasteiger partial charge in [0.1, 0.15) is 0 Å². The molecule has 1 aliphatic heterocycles. The molecule has 0 atom stereocenters. The Hall–Kier alpha value is -2.20. The van der Waals surface area contributed by atoms with Gasteiger partial charge in [-0.1, -0.05) is 0 Å². The summed E-state index contributed by atoms with van der Waals surface area (Å²) in [6, 6.07) is 3.82. The highest BCUT2D eigenvalue weighted by molar-refractivity contribution is 7.98. The number of nitrogens with zero attached hydrogens (tertiary/aromatic N) is 3. The summed E-state index contributed by atoms with van der Waals surface area (Å²) < 4.78 is 50.4. The number of alkyl halides is 3. The zero-order valence-electron chi connectivity index (χ0n) is 16.0. The second-order valence-electron chi connectivity index (χ2n) is 6.38. The van der Waals surface area contributed by atoms with Gasteiger partial charge in [0, 0.05) is 31.1 Å². The molecule has 1 aromatic heterocycles. The highest BCUT2D eigenvalue weighted by Gasteiger charge is 2.31. The summed E-state index contributed by atoms with van der Waals surface area (Å²) >= 11 is 1.68.